The summed E-state index contributed by atoms with van der Waals surface area (Å²) in [7, 11) is 1.49. The molecule has 0 aromatic rings. The van der Waals surface area contributed by atoms with E-state index in [9.17, 15) is 14.4 Å². The van der Waals surface area contributed by atoms with Crippen molar-refractivity contribution >= 4 is 17.7 Å². The van der Waals surface area contributed by atoms with Crippen LogP contribution >= 0.6 is 0 Å². The molecular formula is C26H32O6. The number of fused-ring (bicyclic) bond motifs is 5. The highest BCUT2D eigenvalue weighted by atomic mass is 16.6. The SMILES string of the molecule is COC(=O)C1C2C3CC[C@@]4(CCC(=O)O4)[C@@]3(C)C[C@@H]3OC23[C@@]2(C)CCC(=O)C=C2C12CC2. The molecular weight excluding hydrogens is 408 g/mol. The minimum atomic E-state index is -0.427. The molecule has 6 fully saturated rings. The molecule has 2 saturated heterocycles. The van der Waals surface area contributed by atoms with Crippen molar-refractivity contribution in [3.8, 4) is 0 Å². The third-order valence-corrected chi connectivity index (χ3v) is 11.4. The highest BCUT2D eigenvalue weighted by Crippen LogP contribution is 2.83. The molecule has 172 valence electrons. The minimum absolute atomic E-state index is 0.0351. The van der Waals surface area contributed by atoms with Crippen molar-refractivity contribution in [1.82, 2.24) is 0 Å². The van der Waals surface area contributed by atoms with E-state index in [-0.39, 0.29) is 57.8 Å². The number of hydrogen-bond donors (Lipinski definition) is 0. The number of hydrogen-bond acceptors (Lipinski definition) is 6. The number of ketones is 1. The van der Waals surface area contributed by atoms with Gasteiger partial charge in [-0.3, -0.25) is 14.4 Å². The summed E-state index contributed by atoms with van der Waals surface area (Å²) in [5, 5.41) is 0. The van der Waals surface area contributed by atoms with Crippen LogP contribution in [0.3, 0.4) is 0 Å². The monoisotopic (exact) mass is 440 g/mol. The second-order valence-electron chi connectivity index (χ2n) is 12.2. The highest BCUT2D eigenvalue weighted by Gasteiger charge is 2.87. The molecule has 0 amide bonds. The molecule has 4 saturated carbocycles. The van der Waals surface area contributed by atoms with Crippen molar-refractivity contribution in [3.63, 3.8) is 0 Å². The molecule has 0 radical (unpaired) electrons. The van der Waals surface area contributed by atoms with E-state index in [0.717, 1.165) is 44.9 Å². The Balaban J connectivity index is 1.43. The summed E-state index contributed by atoms with van der Waals surface area (Å²) in [5.41, 5.74) is -0.363. The Hall–Kier alpha value is -1.69. The lowest BCUT2D eigenvalue weighted by atomic mass is 9.40. The Morgan fingerprint density at radius 3 is 2.53 bits per heavy atom. The van der Waals surface area contributed by atoms with E-state index in [0.29, 0.717) is 12.8 Å². The minimum Gasteiger partial charge on any atom is -0.469 e. The second-order valence-corrected chi connectivity index (χ2v) is 12.2. The number of carbonyl (C=O) groups excluding carboxylic acids is 3. The van der Waals surface area contributed by atoms with Crippen molar-refractivity contribution in [2.24, 2.45) is 34.0 Å². The molecule has 0 aromatic heterocycles. The van der Waals surface area contributed by atoms with Crippen molar-refractivity contribution in [1.29, 1.82) is 0 Å². The van der Waals surface area contributed by atoms with Crippen LogP contribution in [0.4, 0.5) is 0 Å². The van der Waals surface area contributed by atoms with Crippen LogP contribution in [0, 0.1) is 34.0 Å². The number of esters is 2. The number of rotatable bonds is 1. The fourth-order valence-electron chi connectivity index (χ4n) is 9.88. The average molecular weight is 441 g/mol. The number of epoxide rings is 1. The second kappa shape index (κ2) is 5.51. The van der Waals surface area contributed by atoms with Crippen LogP contribution in [0.25, 0.3) is 0 Å². The van der Waals surface area contributed by atoms with Gasteiger partial charge >= 0.3 is 11.9 Å². The Labute approximate surface area is 188 Å². The topological polar surface area (TPSA) is 82.2 Å². The Morgan fingerprint density at radius 1 is 1.09 bits per heavy atom. The van der Waals surface area contributed by atoms with E-state index >= 15 is 0 Å². The van der Waals surface area contributed by atoms with Crippen LogP contribution < -0.4 is 0 Å². The van der Waals surface area contributed by atoms with Crippen molar-refractivity contribution < 1.29 is 28.6 Å². The van der Waals surface area contributed by atoms with Gasteiger partial charge in [-0.1, -0.05) is 19.4 Å². The zero-order valence-electron chi connectivity index (χ0n) is 19.2. The van der Waals surface area contributed by atoms with Gasteiger partial charge in [0.15, 0.2) is 5.78 Å². The van der Waals surface area contributed by atoms with Gasteiger partial charge in [-0.15, -0.1) is 0 Å². The summed E-state index contributed by atoms with van der Waals surface area (Å²) in [5.74, 6) is -0.0803. The zero-order chi connectivity index (χ0) is 22.3. The van der Waals surface area contributed by atoms with Crippen LogP contribution in [-0.4, -0.2) is 42.1 Å². The van der Waals surface area contributed by atoms with Gasteiger partial charge < -0.3 is 14.2 Å². The van der Waals surface area contributed by atoms with Crippen molar-refractivity contribution in [3.05, 3.63) is 11.6 Å². The van der Waals surface area contributed by atoms with E-state index in [2.05, 4.69) is 13.8 Å². The van der Waals surface area contributed by atoms with Gasteiger partial charge in [0.25, 0.3) is 0 Å². The maximum atomic E-state index is 13.5. The maximum Gasteiger partial charge on any atom is 0.309 e. The van der Waals surface area contributed by atoms with Gasteiger partial charge in [0.1, 0.15) is 11.2 Å². The van der Waals surface area contributed by atoms with Gasteiger partial charge in [-0.05, 0) is 56.9 Å². The normalized spacial score (nSPS) is 53.7. The van der Waals surface area contributed by atoms with Gasteiger partial charge in [-0.25, -0.2) is 0 Å². The predicted octanol–water partition coefficient (Wildman–Crippen LogP) is 3.51. The molecule has 6 nitrogen and oxygen atoms in total. The largest absolute Gasteiger partial charge is 0.469 e. The zero-order valence-corrected chi connectivity index (χ0v) is 19.2. The highest BCUT2D eigenvalue weighted by molar-refractivity contribution is 5.93. The first-order chi connectivity index (χ1) is 15.2. The average Bonchev–Trinajstić information content (AvgIpc) is 3.63. The van der Waals surface area contributed by atoms with Crippen LogP contribution in [0.15, 0.2) is 11.6 Å². The number of methoxy groups -OCH3 is 1. The summed E-state index contributed by atoms with van der Waals surface area (Å²) >= 11 is 0. The predicted molar refractivity (Wildman–Crippen MR) is 112 cm³/mol. The molecule has 0 N–H and O–H groups in total. The van der Waals surface area contributed by atoms with E-state index < -0.39 is 11.2 Å². The lowest BCUT2D eigenvalue weighted by Gasteiger charge is -2.61. The summed E-state index contributed by atoms with van der Waals surface area (Å²) in [4.78, 5) is 38.3. The summed E-state index contributed by atoms with van der Waals surface area (Å²) in [6.45, 7) is 4.59. The molecule has 3 spiro atoms. The van der Waals surface area contributed by atoms with Gasteiger partial charge in [0.2, 0.25) is 0 Å². The van der Waals surface area contributed by atoms with Crippen molar-refractivity contribution in [2.75, 3.05) is 7.11 Å². The number of carbonyl (C=O) groups is 3. The third-order valence-electron chi connectivity index (χ3n) is 11.4. The molecule has 5 aliphatic carbocycles. The Kier molecular flexibility index (Phi) is 3.40. The summed E-state index contributed by atoms with van der Waals surface area (Å²) < 4.78 is 18.3. The molecule has 8 atom stereocenters. The van der Waals surface area contributed by atoms with Crippen LogP contribution in [0.2, 0.25) is 0 Å². The molecule has 4 unspecified atom stereocenters. The first kappa shape index (κ1) is 19.7. The lowest BCUT2D eigenvalue weighted by molar-refractivity contribution is -0.177. The molecule has 7 aliphatic rings. The quantitative estimate of drug-likeness (QED) is 0.458. The smallest absolute Gasteiger partial charge is 0.309 e. The molecule has 0 bridgehead atoms. The standard InChI is InChI=1S/C26H32O6/c1-22-7-4-14(27)12-16(22)24(10-11-24)20(21(29)30-3)19-15-5-8-25(9-6-18(28)32-25)23(15,2)13-17-26(19,22)31-17/h12,15,17,19-20H,4-11,13H2,1-3H3/t15?,17-,19?,20?,22-,23-,25+,26?/m0/s1. The molecule has 0 aromatic carbocycles. The molecule has 2 heterocycles. The van der Waals surface area contributed by atoms with Crippen LogP contribution in [0.1, 0.15) is 71.6 Å². The molecule has 32 heavy (non-hydrogen) atoms. The number of ether oxygens (including phenoxy) is 3. The summed E-state index contributed by atoms with van der Waals surface area (Å²) in [6.07, 6.45) is 9.06. The van der Waals surface area contributed by atoms with Crippen LogP contribution in [-0.2, 0) is 28.6 Å². The summed E-state index contributed by atoms with van der Waals surface area (Å²) in [6, 6.07) is 0. The maximum absolute atomic E-state index is 13.5. The first-order valence-corrected chi connectivity index (χ1v) is 12.4. The Bertz CT molecular complexity index is 1010. The molecule has 7 rings (SSSR count). The van der Waals surface area contributed by atoms with E-state index in [1.54, 1.807) is 0 Å². The van der Waals surface area contributed by atoms with E-state index in [1.807, 2.05) is 6.08 Å². The van der Waals surface area contributed by atoms with E-state index in [1.165, 1.54) is 12.7 Å². The van der Waals surface area contributed by atoms with Crippen molar-refractivity contribution in [2.45, 2.75) is 88.9 Å². The first-order valence-electron chi connectivity index (χ1n) is 12.4. The fourth-order valence-corrected chi connectivity index (χ4v) is 9.88. The van der Waals surface area contributed by atoms with Gasteiger partial charge in [0.05, 0.1) is 19.1 Å². The van der Waals surface area contributed by atoms with Crippen LogP contribution in [0.5, 0.6) is 0 Å². The molecule has 6 heteroatoms. The Morgan fingerprint density at radius 2 is 1.88 bits per heavy atom. The van der Waals surface area contributed by atoms with E-state index in [4.69, 9.17) is 14.2 Å². The molecule has 2 aliphatic heterocycles. The lowest BCUT2D eigenvalue weighted by Crippen LogP contribution is -2.66. The third kappa shape index (κ3) is 1.87. The van der Waals surface area contributed by atoms with Gasteiger partial charge in [-0.2, -0.15) is 0 Å². The van der Waals surface area contributed by atoms with Gasteiger partial charge in [0, 0.05) is 35.0 Å². The fraction of sp³-hybridized carbons (Fsp3) is 0.808.